The van der Waals surface area contributed by atoms with Crippen LogP contribution in [0.25, 0.3) is 0 Å². The molecule has 0 unspecified atom stereocenters. The van der Waals surface area contributed by atoms with Crippen LogP contribution in [0.2, 0.25) is 0 Å². The van der Waals surface area contributed by atoms with Crippen molar-refractivity contribution in [3.8, 4) is 0 Å². The maximum absolute atomic E-state index is 12.9. The lowest BCUT2D eigenvalue weighted by atomic mass is 9.87. The zero-order chi connectivity index (χ0) is 20.9. The molecule has 28 heavy (non-hydrogen) atoms. The molecule has 1 spiro atoms. The molecular weight excluding hydrogens is 401 g/mol. The molecule has 0 atom stereocenters. The van der Waals surface area contributed by atoms with Crippen LogP contribution in [0.5, 0.6) is 0 Å². The average Bonchev–Trinajstić information content (AvgIpc) is 3.11. The van der Waals surface area contributed by atoms with Crippen LogP contribution in [0.3, 0.4) is 0 Å². The number of carbonyl (C=O) groups is 3. The van der Waals surface area contributed by atoms with Crippen molar-refractivity contribution in [3.05, 3.63) is 11.1 Å². The first-order chi connectivity index (χ1) is 12.8. The monoisotopic (exact) mass is 420 g/mol. The van der Waals surface area contributed by atoms with Gasteiger partial charge in [-0.25, -0.2) is 19.5 Å². The van der Waals surface area contributed by atoms with E-state index >= 15 is 0 Å². The number of imide groups is 1. The van der Waals surface area contributed by atoms with Crippen LogP contribution in [-0.2, 0) is 15.7 Å². The molecule has 0 radical (unpaired) electrons. The number of carbonyl (C=O) groups excluding carboxylic acids is 3. The van der Waals surface area contributed by atoms with Crippen molar-refractivity contribution in [1.82, 2.24) is 15.2 Å². The van der Waals surface area contributed by atoms with Crippen LogP contribution in [0.1, 0.15) is 39.3 Å². The van der Waals surface area contributed by atoms with Gasteiger partial charge in [0.2, 0.25) is 5.13 Å². The maximum Gasteiger partial charge on any atom is 0.434 e. The minimum Gasteiger partial charge on any atom is -0.444 e. The number of likely N-dealkylation sites (tertiary alicyclic amines) is 1. The first-order valence-corrected chi connectivity index (χ1v) is 9.38. The molecule has 2 fully saturated rings. The van der Waals surface area contributed by atoms with Gasteiger partial charge in [-0.2, -0.15) is 13.2 Å². The van der Waals surface area contributed by atoms with Crippen molar-refractivity contribution in [3.63, 3.8) is 0 Å². The molecule has 154 valence electrons. The van der Waals surface area contributed by atoms with Gasteiger partial charge in [-0.3, -0.25) is 4.79 Å². The number of urea groups is 1. The number of alkyl halides is 3. The number of hydrogen-bond acceptors (Lipinski definition) is 6. The Balaban J connectivity index is 1.72. The summed E-state index contributed by atoms with van der Waals surface area (Å²) >= 11 is 0.569. The van der Waals surface area contributed by atoms with Crippen LogP contribution in [0.4, 0.5) is 27.9 Å². The second kappa shape index (κ2) is 6.61. The number of hydrogen-bond donors (Lipinski definition) is 1. The summed E-state index contributed by atoms with van der Waals surface area (Å²) in [5.74, 6) is -0.663. The SMILES string of the molecule is CC(C)(C)OC(=O)N1CCC2(CC1)NC(=O)N(c1nc(C(F)(F)F)cs1)C2=O. The van der Waals surface area contributed by atoms with Gasteiger partial charge in [-0.15, -0.1) is 11.3 Å². The average molecular weight is 420 g/mol. The third kappa shape index (κ3) is 3.77. The molecule has 2 saturated heterocycles. The lowest BCUT2D eigenvalue weighted by molar-refractivity contribution is -0.140. The number of aromatic nitrogens is 1. The van der Waals surface area contributed by atoms with E-state index in [0.29, 0.717) is 16.2 Å². The molecule has 4 amide bonds. The Labute approximate surface area is 162 Å². The fraction of sp³-hybridized carbons (Fsp3) is 0.625. The van der Waals surface area contributed by atoms with E-state index in [1.165, 1.54) is 4.90 Å². The van der Waals surface area contributed by atoms with E-state index < -0.39 is 41.0 Å². The Bertz CT molecular complexity index is 810. The molecular formula is C16H19F3N4O4S. The third-order valence-electron chi connectivity index (χ3n) is 4.40. The van der Waals surface area contributed by atoms with Gasteiger partial charge in [0.05, 0.1) is 0 Å². The van der Waals surface area contributed by atoms with Crippen LogP contribution >= 0.6 is 11.3 Å². The Morgan fingerprint density at radius 2 is 1.86 bits per heavy atom. The molecule has 3 rings (SSSR count). The molecule has 8 nitrogen and oxygen atoms in total. The Morgan fingerprint density at radius 1 is 1.25 bits per heavy atom. The van der Waals surface area contributed by atoms with Gasteiger partial charge in [0.25, 0.3) is 5.91 Å². The van der Waals surface area contributed by atoms with Crippen molar-refractivity contribution in [1.29, 1.82) is 0 Å². The van der Waals surface area contributed by atoms with Gasteiger partial charge in [0.15, 0.2) is 5.69 Å². The quantitative estimate of drug-likeness (QED) is 0.706. The van der Waals surface area contributed by atoms with Gasteiger partial charge in [-0.05, 0) is 33.6 Å². The highest BCUT2D eigenvalue weighted by molar-refractivity contribution is 7.14. The summed E-state index contributed by atoms with van der Waals surface area (Å²) in [6.07, 6.45) is -4.93. The molecule has 2 aliphatic heterocycles. The Morgan fingerprint density at radius 3 is 2.36 bits per heavy atom. The molecule has 12 heteroatoms. The largest absolute Gasteiger partial charge is 0.444 e. The fourth-order valence-corrected chi connectivity index (χ4v) is 3.85. The number of nitrogens with one attached hydrogen (secondary N) is 1. The number of nitrogens with zero attached hydrogens (tertiary/aromatic N) is 3. The summed E-state index contributed by atoms with van der Waals surface area (Å²) in [6.45, 7) is 5.54. The summed E-state index contributed by atoms with van der Waals surface area (Å²) in [7, 11) is 0. The van der Waals surface area contributed by atoms with Gasteiger partial charge in [-0.1, -0.05) is 0 Å². The highest BCUT2D eigenvalue weighted by atomic mass is 32.1. The lowest BCUT2D eigenvalue weighted by Crippen LogP contribution is -2.56. The van der Waals surface area contributed by atoms with Crippen LogP contribution < -0.4 is 10.2 Å². The Hall–Kier alpha value is -2.37. The van der Waals surface area contributed by atoms with Crippen LogP contribution in [0.15, 0.2) is 5.38 Å². The number of rotatable bonds is 1. The summed E-state index contributed by atoms with van der Waals surface area (Å²) in [4.78, 5) is 42.8. The third-order valence-corrected chi connectivity index (χ3v) is 5.23. The number of amides is 4. The highest BCUT2D eigenvalue weighted by Gasteiger charge is 2.54. The van der Waals surface area contributed by atoms with Crippen LogP contribution in [0, 0.1) is 0 Å². The van der Waals surface area contributed by atoms with E-state index in [-0.39, 0.29) is 31.1 Å². The van der Waals surface area contributed by atoms with Crippen molar-refractivity contribution in [2.24, 2.45) is 0 Å². The smallest absolute Gasteiger partial charge is 0.434 e. The molecule has 1 aromatic rings. The lowest BCUT2D eigenvalue weighted by Gasteiger charge is -2.37. The summed E-state index contributed by atoms with van der Waals surface area (Å²) in [5.41, 5.74) is -3.09. The fourth-order valence-electron chi connectivity index (χ4n) is 3.03. The molecule has 3 heterocycles. The van der Waals surface area contributed by atoms with E-state index in [9.17, 15) is 27.6 Å². The van der Waals surface area contributed by atoms with Gasteiger partial charge >= 0.3 is 18.3 Å². The van der Waals surface area contributed by atoms with E-state index in [1.54, 1.807) is 20.8 Å². The molecule has 1 N–H and O–H groups in total. The second-order valence-corrected chi connectivity index (χ2v) is 8.47. The normalized spacial score (nSPS) is 19.9. The van der Waals surface area contributed by atoms with E-state index in [2.05, 4.69) is 10.3 Å². The first-order valence-electron chi connectivity index (χ1n) is 8.50. The minimum absolute atomic E-state index is 0.130. The molecule has 0 bridgehead atoms. The summed E-state index contributed by atoms with van der Waals surface area (Å²) in [6, 6.07) is -0.821. The molecule has 0 saturated carbocycles. The number of thiazole rings is 1. The predicted octanol–water partition coefficient (Wildman–Crippen LogP) is 2.99. The van der Waals surface area contributed by atoms with E-state index in [0.717, 1.165) is 5.38 Å². The first kappa shape index (κ1) is 20.4. The topological polar surface area (TPSA) is 91.8 Å². The highest BCUT2D eigenvalue weighted by Crippen LogP contribution is 2.37. The number of halogens is 3. The number of piperidine rings is 1. The summed E-state index contributed by atoms with van der Waals surface area (Å²) < 4.78 is 43.6. The van der Waals surface area contributed by atoms with Crippen molar-refractivity contribution in [2.45, 2.75) is 50.9 Å². The van der Waals surface area contributed by atoms with Crippen molar-refractivity contribution >= 4 is 34.5 Å². The predicted molar refractivity (Wildman–Crippen MR) is 92.9 cm³/mol. The molecule has 0 aromatic carbocycles. The van der Waals surface area contributed by atoms with E-state index in [1.807, 2.05) is 0 Å². The van der Waals surface area contributed by atoms with Gasteiger partial charge in [0.1, 0.15) is 11.1 Å². The van der Waals surface area contributed by atoms with E-state index in [4.69, 9.17) is 4.74 Å². The minimum atomic E-state index is -4.66. The standard InChI is InChI=1S/C16H19F3N4O4S/c1-14(2,3)27-13(26)22-6-4-15(5-7-22)10(24)23(11(25)21-15)12-20-9(8-28-12)16(17,18)19/h8H,4-7H2,1-3H3,(H,21,25). The maximum atomic E-state index is 12.9. The second-order valence-electron chi connectivity index (χ2n) is 7.63. The zero-order valence-electron chi connectivity index (χ0n) is 15.4. The van der Waals surface area contributed by atoms with Crippen molar-refractivity contribution in [2.75, 3.05) is 18.0 Å². The summed E-state index contributed by atoms with van der Waals surface area (Å²) in [5, 5.41) is 2.99. The zero-order valence-corrected chi connectivity index (χ0v) is 16.2. The van der Waals surface area contributed by atoms with Crippen molar-refractivity contribution < 1.29 is 32.3 Å². The molecule has 0 aliphatic carbocycles. The molecule has 1 aromatic heterocycles. The van der Waals surface area contributed by atoms with Gasteiger partial charge < -0.3 is 15.0 Å². The number of anilines is 1. The number of ether oxygens (including phenoxy) is 1. The molecule has 2 aliphatic rings. The van der Waals surface area contributed by atoms with Gasteiger partial charge in [0, 0.05) is 18.5 Å². The Kier molecular flexibility index (Phi) is 4.80. The van der Waals surface area contributed by atoms with Crippen LogP contribution in [-0.4, -0.2) is 52.1 Å².